The molecule has 0 saturated heterocycles. The van der Waals surface area contributed by atoms with Crippen molar-refractivity contribution in [1.82, 2.24) is 0 Å². The monoisotopic (exact) mass is 178 g/mol. The van der Waals surface area contributed by atoms with Crippen LogP contribution in [0.3, 0.4) is 0 Å². The summed E-state index contributed by atoms with van der Waals surface area (Å²) in [7, 11) is 0. The Morgan fingerprint density at radius 3 is 1.31 bits per heavy atom. The van der Waals surface area contributed by atoms with Crippen LogP contribution in [0, 0.1) is 23.7 Å². The maximum atomic E-state index is 1.59. The van der Waals surface area contributed by atoms with Crippen LogP contribution >= 0.6 is 0 Å². The first-order valence-electron chi connectivity index (χ1n) is 6.45. The zero-order chi connectivity index (χ0) is 8.67. The number of hydrogen-bond acceptors (Lipinski definition) is 0. The average Bonchev–Trinajstić information content (AvgIpc) is 2.72. The first kappa shape index (κ1) is 8.32. The van der Waals surface area contributed by atoms with Gasteiger partial charge < -0.3 is 0 Å². The van der Waals surface area contributed by atoms with Crippen molar-refractivity contribution in [2.75, 3.05) is 0 Å². The maximum absolute atomic E-state index is 1.59. The predicted molar refractivity (Wildman–Crippen MR) is 55.5 cm³/mol. The third kappa shape index (κ3) is 1.33. The van der Waals surface area contributed by atoms with E-state index < -0.39 is 0 Å². The lowest BCUT2D eigenvalue weighted by Gasteiger charge is -2.26. The summed E-state index contributed by atoms with van der Waals surface area (Å²) in [5.74, 6) is 4.67. The van der Waals surface area contributed by atoms with E-state index in [-0.39, 0.29) is 0 Å². The SMILES string of the molecule is C1CC2CCCC2C2CCCC2C1. The molecule has 0 radical (unpaired) electrons. The third-order valence-electron chi connectivity index (χ3n) is 5.14. The lowest BCUT2D eigenvalue weighted by Crippen LogP contribution is -2.19. The summed E-state index contributed by atoms with van der Waals surface area (Å²) in [5.41, 5.74) is 0. The predicted octanol–water partition coefficient (Wildman–Crippen LogP) is 4.00. The Labute approximate surface area is 82.1 Å². The van der Waals surface area contributed by atoms with E-state index in [0.717, 1.165) is 11.8 Å². The van der Waals surface area contributed by atoms with Gasteiger partial charge in [-0.2, -0.15) is 0 Å². The van der Waals surface area contributed by atoms with Crippen molar-refractivity contribution in [3.8, 4) is 0 Å². The summed E-state index contributed by atoms with van der Waals surface area (Å²) in [6.45, 7) is 0. The molecule has 0 N–H and O–H groups in total. The van der Waals surface area contributed by atoms with Gasteiger partial charge in [-0.3, -0.25) is 0 Å². The molecule has 0 aromatic rings. The van der Waals surface area contributed by atoms with Gasteiger partial charge in [0.25, 0.3) is 0 Å². The molecule has 4 unspecified atom stereocenters. The minimum atomic E-state index is 1.16. The highest BCUT2D eigenvalue weighted by molar-refractivity contribution is 4.91. The van der Waals surface area contributed by atoms with Crippen LogP contribution in [0.4, 0.5) is 0 Å². The van der Waals surface area contributed by atoms with Gasteiger partial charge in [-0.1, -0.05) is 44.9 Å². The molecular weight excluding hydrogens is 156 g/mol. The summed E-state index contributed by atoms with van der Waals surface area (Å²) >= 11 is 0. The molecule has 0 amide bonds. The van der Waals surface area contributed by atoms with E-state index in [1.807, 2.05) is 0 Å². The minimum Gasteiger partial charge on any atom is -0.0528 e. The van der Waals surface area contributed by atoms with Gasteiger partial charge in [0.1, 0.15) is 0 Å². The first-order chi connectivity index (χ1) is 6.45. The highest BCUT2D eigenvalue weighted by Crippen LogP contribution is 2.51. The van der Waals surface area contributed by atoms with Gasteiger partial charge in [-0.15, -0.1) is 0 Å². The van der Waals surface area contributed by atoms with Crippen LogP contribution in [0.25, 0.3) is 0 Å². The van der Waals surface area contributed by atoms with E-state index in [4.69, 9.17) is 0 Å². The molecule has 74 valence electrons. The molecule has 3 rings (SSSR count). The fourth-order valence-electron chi connectivity index (χ4n) is 4.62. The molecule has 0 aliphatic heterocycles. The molecule has 0 aromatic heterocycles. The van der Waals surface area contributed by atoms with Gasteiger partial charge in [0.15, 0.2) is 0 Å². The quantitative estimate of drug-likeness (QED) is 0.526. The van der Waals surface area contributed by atoms with E-state index in [1.54, 1.807) is 57.8 Å². The van der Waals surface area contributed by atoms with Gasteiger partial charge in [-0.25, -0.2) is 0 Å². The first-order valence-corrected chi connectivity index (χ1v) is 6.45. The van der Waals surface area contributed by atoms with Crippen LogP contribution in [0.15, 0.2) is 0 Å². The van der Waals surface area contributed by atoms with Crippen molar-refractivity contribution in [2.45, 2.75) is 57.8 Å². The van der Waals surface area contributed by atoms with Gasteiger partial charge in [-0.05, 0) is 36.5 Å². The standard InChI is InChI=1S/C13H22/c1-4-10-6-2-8-12(10)13-9-3-7-11(13)5-1/h10-13H,1-9H2. The van der Waals surface area contributed by atoms with Gasteiger partial charge in [0.05, 0.1) is 0 Å². The molecular formula is C13H22. The van der Waals surface area contributed by atoms with Crippen LogP contribution in [0.5, 0.6) is 0 Å². The van der Waals surface area contributed by atoms with E-state index in [1.165, 1.54) is 11.8 Å². The molecule has 4 atom stereocenters. The van der Waals surface area contributed by atoms with Gasteiger partial charge in [0, 0.05) is 0 Å². The van der Waals surface area contributed by atoms with E-state index >= 15 is 0 Å². The second-order valence-corrected chi connectivity index (χ2v) is 5.64. The van der Waals surface area contributed by atoms with E-state index in [0.29, 0.717) is 0 Å². The normalized spacial score (nSPS) is 49.8. The van der Waals surface area contributed by atoms with Crippen LogP contribution in [-0.4, -0.2) is 0 Å². The summed E-state index contributed by atoms with van der Waals surface area (Å²) in [4.78, 5) is 0. The highest BCUT2D eigenvalue weighted by Gasteiger charge is 2.41. The fraction of sp³-hybridized carbons (Fsp3) is 1.00. The molecule has 3 saturated carbocycles. The molecule has 13 heavy (non-hydrogen) atoms. The Hall–Kier alpha value is 0. The number of rotatable bonds is 0. The molecule has 0 spiro atoms. The van der Waals surface area contributed by atoms with Crippen molar-refractivity contribution in [3.63, 3.8) is 0 Å². The van der Waals surface area contributed by atoms with E-state index in [9.17, 15) is 0 Å². The summed E-state index contributed by atoms with van der Waals surface area (Å²) in [6.07, 6.45) is 14.2. The molecule has 0 heteroatoms. The lowest BCUT2D eigenvalue weighted by molar-refractivity contribution is 0.230. The summed E-state index contributed by atoms with van der Waals surface area (Å²) < 4.78 is 0. The van der Waals surface area contributed by atoms with Crippen molar-refractivity contribution in [3.05, 3.63) is 0 Å². The molecule has 0 heterocycles. The number of fused-ring (bicyclic) bond motifs is 3. The minimum absolute atomic E-state index is 1.16. The van der Waals surface area contributed by atoms with E-state index in [2.05, 4.69) is 0 Å². The Morgan fingerprint density at radius 1 is 0.462 bits per heavy atom. The molecule has 3 fully saturated rings. The Kier molecular flexibility index (Phi) is 2.11. The molecule has 0 nitrogen and oxygen atoms in total. The number of hydrogen-bond donors (Lipinski definition) is 0. The Bertz CT molecular complexity index is 164. The zero-order valence-electron chi connectivity index (χ0n) is 8.67. The Morgan fingerprint density at radius 2 is 0.846 bits per heavy atom. The van der Waals surface area contributed by atoms with Crippen molar-refractivity contribution in [1.29, 1.82) is 0 Å². The topological polar surface area (TPSA) is 0 Å². The van der Waals surface area contributed by atoms with Crippen LogP contribution in [-0.2, 0) is 0 Å². The Balaban J connectivity index is 1.81. The molecule has 3 aliphatic carbocycles. The van der Waals surface area contributed by atoms with Crippen molar-refractivity contribution < 1.29 is 0 Å². The fourth-order valence-corrected chi connectivity index (χ4v) is 4.62. The van der Waals surface area contributed by atoms with Crippen LogP contribution in [0.1, 0.15) is 57.8 Å². The van der Waals surface area contributed by atoms with Gasteiger partial charge in [0.2, 0.25) is 0 Å². The van der Waals surface area contributed by atoms with Crippen molar-refractivity contribution >= 4 is 0 Å². The zero-order valence-corrected chi connectivity index (χ0v) is 8.67. The van der Waals surface area contributed by atoms with Gasteiger partial charge >= 0.3 is 0 Å². The lowest BCUT2D eigenvalue weighted by atomic mass is 9.79. The second kappa shape index (κ2) is 3.29. The third-order valence-corrected chi connectivity index (χ3v) is 5.14. The van der Waals surface area contributed by atoms with Crippen LogP contribution in [0.2, 0.25) is 0 Å². The summed E-state index contributed by atoms with van der Waals surface area (Å²) in [5, 5.41) is 0. The smallest absolute Gasteiger partial charge is 0.0355 e. The maximum Gasteiger partial charge on any atom is -0.0355 e. The van der Waals surface area contributed by atoms with Crippen LogP contribution < -0.4 is 0 Å². The van der Waals surface area contributed by atoms with Crippen molar-refractivity contribution in [2.24, 2.45) is 23.7 Å². The molecule has 0 aromatic carbocycles. The summed E-state index contributed by atoms with van der Waals surface area (Å²) in [6, 6.07) is 0. The second-order valence-electron chi connectivity index (χ2n) is 5.64. The highest BCUT2D eigenvalue weighted by atomic mass is 14.5. The molecule has 3 aliphatic rings. The largest absolute Gasteiger partial charge is 0.0528 e. The average molecular weight is 178 g/mol. The molecule has 0 bridgehead atoms.